The van der Waals surface area contributed by atoms with E-state index in [-0.39, 0.29) is 5.11 Å². The summed E-state index contributed by atoms with van der Waals surface area (Å²) in [5, 5.41) is 6.27. The summed E-state index contributed by atoms with van der Waals surface area (Å²) in [5.41, 5.74) is 11.4. The van der Waals surface area contributed by atoms with Gasteiger partial charge in [-0.2, -0.15) is 5.10 Å². The number of nitrogens with zero attached hydrogens (tertiary/aromatic N) is 3. The predicted molar refractivity (Wildman–Crippen MR) is 110 cm³/mol. The van der Waals surface area contributed by atoms with Gasteiger partial charge in [-0.15, -0.1) is 0 Å². The topological polar surface area (TPSA) is 85.3 Å². The maximum atomic E-state index is 11.4. The molecule has 3 aromatic rings. The van der Waals surface area contributed by atoms with Crippen LogP contribution in [0, 0.1) is 0 Å². The number of hydrogen-bond donors (Lipinski definition) is 2. The molecule has 0 amide bonds. The molecule has 7 heteroatoms. The van der Waals surface area contributed by atoms with E-state index in [0.29, 0.717) is 12.1 Å². The number of unbranched alkanes of at least 4 members (excludes halogenated alkanes) is 1. The highest BCUT2D eigenvalue weighted by Crippen LogP contribution is 2.31. The molecular weight excluding hydrogens is 346 g/mol. The molecule has 6 nitrogen and oxygen atoms in total. The van der Waals surface area contributed by atoms with Crippen molar-refractivity contribution in [2.75, 3.05) is 0 Å². The van der Waals surface area contributed by atoms with E-state index in [1.54, 1.807) is 6.21 Å². The van der Waals surface area contributed by atoms with E-state index in [4.69, 9.17) is 18.0 Å². The van der Waals surface area contributed by atoms with E-state index in [2.05, 4.69) is 39.1 Å². The van der Waals surface area contributed by atoms with Gasteiger partial charge < -0.3 is 10.3 Å². The lowest BCUT2D eigenvalue weighted by Crippen LogP contribution is -2.24. The van der Waals surface area contributed by atoms with E-state index in [9.17, 15) is 4.79 Å². The number of para-hydroxylation sites is 1. The molecule has 3 N–H and O–H groups in total. The van der Waals surface area contributed by atoms with Crippen molar-refractivity contribution in [2.24, 2.45) is 10.8 Å². The molecule has 26 heavy (non-hydrogen) atoms. The highest BCUT2D eigenvalue weighted by atomic mass is 32.1. The molecule has 2 aromatic heterocycles. The molecule has 0 saturated heterocycles. The number of hydrazone groups is 1. The van der Waals surface area contributed by atoms with Gasteiger partial charge in [0.05, 0.1) is 11.2 Å². The third-order valence-electron chi connectivity index (χ3n) is 4.25. The minimum Gasteiger partial charge on any atom is -0.375 e. The van der Waals surface area contributed by atoms with E-state index >= 15 is 0 Å². The van der Waals surface area contributed by atoms with Gasteiger partial charge in [0.2, 0.25) is 0 Å². The monoisotopic (exact) mass is 367 g/mol. The van der Waals surface area contributed by atoms with Gasteiger partial charge >= 0.3 is 0 Å². The van der Waals surface area contributed by atoms with Crippen molar-refractivity contribution in [1.82, 2.24) is 15.0 Å². The zero-order chi connectivity index (χ0) is 18.5. The summed E-state index contributed by atoms with van der Waals surface area (Å²) >= 11 is 4.74. The van der Waals surface area contributed by atoms with Crippen LogP contribution < -0.4 is 11.2 Å². The molecule has 0 fully saturated rings. The number of nitrogens with two attached hydrogens (primary N) is 1. The number of aldehydes is 1. The molecule has 0 radical (unpaired) electrons. The van der Waals surface area contributed by atoms with Crippen LogP contribution in [0.3, 0.4) is 0 Å². The molecule has 1 aromatic carbocycles. The first kappa shape index (κ1) is 18.0. The smallest absolute Gasteiger partial charge is 0.184 e. The standard InChI is InChI=1S/C19H21N5OS/c1-2-3-10-24-17-7-5-4-6-14(17)15-11-13(12-25)22-16(18(15)24)8-9-21-23-19(20)26/h4-7,9,11-12H,2-3,8,10H2,1H3,(H3,20,23,26)/b21-9+. The Bertz CT molecular complexity index is 992. The zero-order valence-electron chi connectivity index (χ0n) is 14.6. The van der Waals surface area contributed by atoms with Crippen LogP contribution in [-0.2, 0) is 13.0 Å². The van der Waals surface area contributed by atoms with Gasteiger partial charge in [-0.3, -0.25) is 10.2 Å². The number of nitrogens with one attached hydrogen (secondary N) is 1. The number of hydrogen-bond acceptors (Lipinski definition) is 4. The summed E-state index contributed by atoms with van der Waals surface area (Å²) < 4.78 is 2.29. The van der Waals surface area contributed by atoms with Crippen LogP contribution in [0.4, 0.5) is 0 Å². The number of rotatable bonds is 7. The Morgan fingerprint density at radius 1 is 1.38 bits per heavy atom. The van der Waals surface area contributed by atoms with Gasteiger partial charge in [0, 0.05) is 35.5 Å². The lowest BCUT2D eigenvalue weighted by molar-refractivity contribution is 0.111. The van der Waals surface area contributed by atoms with Gasteiger partial charge in [0.25, 0.3) is 0 Å². The number of carbonyl (C=O) groups is 1. The first-order chi connectivity index (χ1) is 12.7. The number of thiocarbonyl (C=S) groups is 1. The maximum absolute atomic E-state index is 11.4. The fraction of sp³-hybridized carbons (Fsp3) is 0.263. The van der Waals surface area contributed by atoms with Gasteiger partial charge in [0.1, 0.15) is 5.69 Å². The minimum atomic E-state index is 0.109. The molecule has 0 aliphatic heterocycles. The van der Waals surface area contributed by atoms with Crippen molar-refractivity contribution in [3.05, 3.63) is 41.7 Å². The lowest BCUT2D eigenvalue weighted by atomic mass is 10.1. The summed E-state index contributed by atoms with van der Waals surface area (Å²) in [7, 11) is 0. The van der Waals surface area contributed by atoms with Crippen molar-refractivity contribution >= 4 is 51.6 Å². The van der Waals surface area contributed by atoms with Crippen molar-refractivity contribution in [3.8, 4) is 0 Å². The van der Waals surface area contributed by atoms with Crippen molar-refractivity contribution in [3.63, 3.8) is 0 Å². The normalized spacial score (nSPS) is 11.4. The summed E-state index contributed by atoms with van der Waals surface area (Å²) in [5.74, 6) is 0. The Morgan fingerprint density at radius 3 is 2.92 bits per heavy atom. The largest absolute Gasteiger partial charge is 0.375 e. The number of fused-ring (bicyclic) bond motifs is 3. The first-order valence-corrected chi connectivity index (χ1v) is 8.99. The number of pyridine rings is 1. The first-order valence-electron chi connectivity index (χ1n) is 8.58. The second-order valence-corrected chi connectivity index (χ2v) is 6.46. The van der Waals surface area contributed by atoms with E-state index in [0.717, 1.165) is 53.2 Å². The maximum Gasteiger partial charge on any atom is 0.184 e. The summed E-state index contributed by atoms with van der Waals surface area (Å²) in [4.78, 5) is 15.9. The van der Waals surface area contributed by atoms with Crippen LogP contribution in [-0.4, -0.2) is 27.2 Å². The van der Waals surface area contributed by atoms with Gasteiger partial charge in [-0.1, -0.05) is 31.5 Å². The van der Waals surface area contributed by atoms with Crippen LogP contribution in [0.15, 0.2) is 35.4 Å². The Kier molecular flexibility index (Phi) is 5.58. The number of aromatic nitrogens is 2. The third-order valence-corrected chi connectivity index (χ3v) is 4.34. The quantitative estimate of drug-likeness (QED) is 0.290. The fourth-order valence-corrected chi connectivity index (χ4v) is 3.22. The number of carbonyl (C=O) groups excluding carboxylic acids is 1. The highest BCUT2D eigenvalue weighted by Gasteiger charge is 2.15. The van der Waals surface area contributed by atoms with Gasteiger partial charge in [-0.25, -0.2) is 4.98 Å². The van der Waals surface area contributed by atoms with Crippen LogP contribution >= 0.6 is 12.2 Å². The molecule has 2 heterocycles. The molecule has 0 unspecified atom stereocenters. The van der Waals surface area contributed by atoms with Crippen molar-refractivity contribution < 1.29 is 4.79 Å². The SMILES string of the molecule is CCCCn1c2ccccc2c2cc(C=O)nc(C/C=N/NC(N)=S)c21. The van der Waals surface area contributed by atoms with Crippen LogP contribution in [0.2, 0.25) is 0 Å². The molecule has 0 aliphatic carbocycles. The number of aryl methyl sites for hydroxylation is 1. The molecule has 134 valence electrons. The lowest BCUT2D eigenvalue weighted by Gasteiger charge is -2.09. The Hall–Kier alpha value is -2.80. The molecule has 3 rings (SSSR count). The third kappa shape index (κ3) is 3.57. The highest BCUT2D eigenvalue weighted by molar-refractivity contribution is 7.80. The van der Waals surface area contributed by atoms with Gasteiger partial charge in [-0.05, 0) is 30.8 Å². The van der Waals surface area contributed by atoms with Crippen LogP contribution in [0.1, 0.15) is 35.9 Å². The van der Waals surface area contributed by atoms with E-state index in [1.165, 1.54) is 0 Å². The fourth-order valence-electron chi connectivity index (χ4n) is 3.17. The zero-order valence-corrected chi connectivity index (χ0v) is 15.4. The van der Waals surface area contributed by atoms with Gasteiger partial charge in [0.15, 0.2) is 11.4 Å². The average molecular weight is 367 g/mol. The molecular formula is C19H21N5OS. The van der Waals surface area contributed by atoms with Crippen molar-refractivity contribution in [2.45, 2.75) is 32.7 Å². The predicted octanol–water partition coefficient (Wildman–Crippen LogP) is 3.16. The Labute approximate surface area is 157 Å². The summed E-state index contributed by atoms with van der Waals surface area (Å²) in [6, 6.07) is 10.1. The summed E-state index contributed by atoms with van der Waals surface area (Å²) in [6.07, 6.45) is 5.08. The van der Waals surface area contributed by atoms with Crippen molar-refractivity contribution in [1.29, 1.82) is 0 Å². The second kappa shape index (κ2) is 8.05. The Morgan fingerprint density at radius 2 is 2.19 bits per heavy atom. The van der Waals surface area contributed by atoms with Crippen LogP contribution in [0.5, 0.6) is 0 Å². The van der Waals surface area contributed by atoms with E-state index < -0.39 is 0 Å². The molecule has 0 aliphatic rings. The minimum absolute atomic E-state index is 0.109. The molecule has 0 saturated carbocycles. The molecule has 0 bridgehead atoms. The second-order valence-electron chi connectivity index (χ2n) is 6.02. The van der Waals surface area contributed by atoms with E-state index in [1.807, 2.05) is 18.2 Å². The van der Waals surface area contributed by atoms with Crippen LogP contribution in [0.25, 0.3) is 21.8 Å². The Balaban J connectivity index is 2.19. The molecule has 0 atom stereocenters. The molecule has 0 spiro atoms. The average Bonchev–Trinajstić information content (AvgIpc) is 2.97. The summed E-state index contributed by atoms with van der Waals surface area (Å²) in [6.45, 7) is 3.07. The number of benzene rings is 1.